The summed E-state index contributed by atoms with van der Waals surface area (Å²) in [6, 6.07) is 10.5. The second-order valence-electron chi connectivity index (χ2n) is 7.17. The number of benzene rings is 2. The van der Waals surface area contributed by atoms with Crippen LogP contribution in [0.1, 0.15) is 46.2 Å². The largest absolute Gasteiger partial charge is 0.454 e. The molecule has 1 heterocycles. The monoisotopic (exact) mass is 462 g/mol. The van der Waals surface area contributed by atoms with E-state index in [0.29, 0.717) is 0 Å². The van der Waals surface area contributed by atoms with Crippen molar-refractivity contribution in [1.29, 1.82) is 0 Å². The second-order valence-corrected chi connectivity index (χ2v) is 7.98. The van der Waals surface area contributed by atoms with Gasteiger partial charge in [0.15, 0.2) is 6.61 Å². The fourth-order valence-corrected chi connectivity index (χ4v) is 3.56. The van der Waals surface area contributed by atoms with E-state index in [1.807, 2.05) is 37.3 Å². The van der Waals surface area contributed by atoms with Crippen LogP contribution in [0.25, 0.3) is 0 Å². The molecular weight excluding hydrogens is 443 g/mol. The highest BCUT2D eigenvalue weighted by molar-refractivity contribution is 6.43. The van der Waals surface area contributed by atoms with E-state index in [0.717, 1.165) is 10.5 Å². The predicted octanol–water partition coefficient (Wildman–Crippen LogP) is 3.74. The molecule has 0 spiro atoms. The van der Waals surface area contributed by atoms with Crippen LogP contribution in [0.4, 0.5) is 0 Å². The van der Waals surface area contributed by atoms with Crippen molar-refractivity contribution in [2.45, 2.75) is 25.9 Å². The fourth-order valence-electron chi connectivity index (χ4n) is 3.24. The lowest BCUT2D eigenvalue weighted by Gasteiger charge is -2.26. The summed E-state index contributed by atoms with van der Waals surface area (Å²) in [6.07, 6.45) is 0. The lowest BCUT2D eigenvalue weighted by Crippen LogP contribution is -2.44. The van der Waals surface area contributed by atoms with Crippen molar-refractivity contribution in [2.24, 2.45) is 0 Å². The molecule has 1 unspecified atom stereocenters. The van der Waals surface area contributed by atoms with Gasteiger partial charge in [0.2, 0.25) is 0 Å². The van der Waals surface area contributed by atoms with Crippen molar-refractivity contribution in [3.05, 3.63) is 69.2 Å². The molecule has 0 radical (unpaired) electrons. The number of likely N-dealkylation sites (N-methyl/N-ethyl adjacent to an activating group) is 1. The Bertz CT molecular complexity index is 1020. The number of amides is 3. The van der Waals surface area contributed by atoms with Crippen LogP contribution >= 0.6 is 23.2 Å². The molecule has 162 valence electrons. The van der Waals surface area contributed by atoms with Crippen molar-refractivity contribution in [2.75, 3.05) is 13.7 Å². The first-order chi connectivity index (χ1) is 14.6. The normalized spacial score (nSPS) is 14.8. The molecule has 1 aliphatic rings. The number of esters is 1. The van der Waals surface area contributed by atoms with Gasteiger partial charge in [0.05, 0.1) is 27.2 Å². The minimum absolute atomic E-state index is 0.0616. The Labute approximate surface area is 189 Å². The summed E-state index contributed by atoms with van der Waals surface area (Å²) in [7, 11) is 1.61. The fraction of sp³-hybridized carbons (Fsp3) is 0.273. The highest BCUT2D eigenvalue weighted by Crippen LogP contribution is 2.32. The van der Waals surface area contributed by atoms with E-state index < -0.39 is 36.3 Å². The summed E-state index contributed by atoms with van der Waals surface area (Å²) >= 11 is 11.9. The number of hydrogen-bond acceptors (Lipinski definition) is 5. The first-order valence-corrected chi connectivity index (χ1v) is 10.2. The zero-order valence-corrected chi connectivity index (χ0v) is 18.6. The van der Waals surface area contributed by atoms with Gasteiger partial charge < -0.3 is 9.64 Å². The smallest absolute Gasteiger partial charge is 0.329 e. The number of carbonyl (C=O) groups is 4. The molecule has 1 aliphatic heterocycles. The van der Waals surface area contributed by atoms with E-state index in [1.54, 1.807) is 7.05 Å². The van der Waals surface area contributed by atoms with E-state index in [1.165, 1.54) is 24.0 Å². The SMILES string of the molecule is CC(c1ccccc1)N(C)C(=O)COC(=O)[C@H](C)N1C(=O)c2cc(Cl)c(Cl)cc2C1=O. The highest BCUT2D eigenvalue weighted by atomic mass is 35.5. The molecule has 7 nitrogen and oxygen atoms in total. The Morgan fingerprint density at radius 2 is 1.52 bits per heavy atom. The van der Waals surface area contributed by atoms with E-state index in [4.69, 9.17) is 27.9 Å². The molecule has 31 heavy (non-hydrogen) atoms. The molecule has 3 amide bonds. The van der Waals surface area contributed by atoms with Crippen LogP contribution in [0.15, 0.2) is 42.5 Å². The molecule has 0 N–H and O–H groups in total. The standard InChI is InChI=1S/C22H20Cl2N2O5/c1-12(14-7-5-4-6-8-14)25(3)19(27)11-31-22(30)13(2)26-20(28)15-9-17(23)18(24)10-16(15)21(26)29/h4-10,12-13H,11H2,1-3H3/t12?,13-/m0/s1. The lowest BCUT2D eigenvalue weighted by atomic mass is 10.1. The number of hydrogen-bond donors (Lipinski definition) is 0. The van der Waals surface area contributed by atoms with E-state index in [-0.39, 0.29) is 27.2 Å². The number of nitrogens with zero attached hydrogens (tertiary/aromatic N) is 2. The van der Waals surface area contributed by atoms with Gasteiger partial charge in [-0.25, -0.2) is 4.79 Å². The van der Waals surface area contributed by atoms with Gasteiger partial charge in [0.25, 0.3) is 17.7 Å². The Morgan fingerprint density at radius 1 is 1.00 bits per heavy atom. The summed E-state index contributed by atoms with van der Waals surface area (Å²) in [5.41, 5.74) is 1.06. The van der Waals surface area contributed by atoms with Gasteiger partial charge in [0, 0.05) is 7.05 Å². The molecule has 0 saturated carbocycles. The minimum atomic E-state index is -1.23. The van der Waals surface area contributed by atoms with Crippen molar-refractivity contribution in [3.63, 3.8) is 0 Å². The Kier molecular flexibility index (Phi) is 6.67. The molecule has 3 rings (SSSR count). The maximum atomic E-state index is 12.6. The molecule has 0 fully saturated rings. The first-order valence-electron chi connectivity index (χ1n) is 9.47. The van der Waals surface area contributed by atoms with Crippen LogP contribution in [0.2, 0.25) is 10.0 Å². The Balaban J connectivity index is 1.64. The first kappa shape index (κ1) is 22.8. The molecule has 0 bridgehead atoms. The predicted molar refractivity (Wildman–Crippen MR) is 115 cm³/mol. The summed E-state index contributed by atoms with van der Waals surface area (Å²) in [5, 5.41) is 0.250. The van der Waals surface area contributed by atoms with E-state index in [2.05, 4.69) is 0 Å². The van der Waals surface area contributed by atoms with Crippen LogP contribution in [0.5, 0.6) is 0 Å². The van der Waals surface area contributed by atoms with Gasteiger partial charge in [-0.05, 0) is 31.5 Å². The Hall–Kier alpha value is -2.90. The highest BCUT2D eigenvalue weighted by Gasteiger charge is 2.42. The zero-order valence-electron chi connectivity index (χ0n) is 17.1. The molecule has 2 aromatic carbocycles. The summed E-state index contributed by atoms with van der Waals surface area (Å²) < 4.78 is 5.10. The van der Waals surface area contributed by atoms with Crippen LogP contribution < -0.4 is 0 Å². The van der Waals surface area contributed by atoms with E-state index >= 15 is 0 Å². The lowest BCUT2D eigenvalue weighted by molar-refractivity contribution is -0.155. The van der Waals surface area contributed by atoms with Gasteiger partial charge in [-0.3, -0.25) is 19.3 Å². The van der Waals surface area contributed by atoms with Crippen LogP contribution in [0, 0.1) is 0 Å². The molecule has 0 aromatic heterocycles. The van der Waals surface area contributed by atoms with Crippen LogP contribution in [-0.4, -0.2) is 53.2 Å². The second kappa shape index (κ2) is 9.08. The maximum Gasteiger partial charge on any atom is 0.329 e. The van der Waals surface area contributed by atoms with Crippen molar-refractivity contribution in [1.82, 2.24) is 9.80 Å². The van der Waals surface area contributed by atoms with Crippen molar-refractivity contribution >= 4 is 46.9 Å². The number of imide groups is 1. The third-order valence-corrected chi connectivity index (χ3v) is 6.00. The van der Waals surface area contributed by atoms with Gasteiger partial charge in [-0.1, -0.05) is 53.5 Å². The molecule has 9 heteroatoms. The molecule has 2 atom stereocenters. The van der Waals surface area contributed by atoms with Crippen molar-refractivity contribution < 1.29 is 23.9 Å². The average Bonchev–Trinajstić information content (AvgIpc) is 3.00. The summed E-state index contributed by atoms with van der Waals surface area (Å²) in [5.74, 6) is -2.65. The maximum absolute atomic E-state index is 12.6. The zero-order chi connectivity index (χ0) is 22.9. The molecule has 0 aliphatic carbocycles. The van der Waals surface area contributed by atoms with Gasteiger partial charge in [0.1, 0.15) is 6.04 Å². The molecule has 0 saturated heterocycles. The van der Waals surface area contributed by atoms with E-state index in [9.17, 15) is 19.2 Å². The minimum Gasteiger partial charge on any atom is -0.454 e. The Morgan fingerprint density at radius 3 is 2.03 bits per heavy atom. The molecule has 2 aromatic rings. The number of carbonyl (C=O) groups excluding carboxylic acids is 4. The number of rotatable bonds is 6. The van der Waals surface area contributed by atoms with Crippen LogP contribution in [-0.2, 0) is 14.3 Å². The van der Waals surface area contributed by atoms with Gasteiger partial charge >= 0.3 is 5.97 Å². The summed E-state index contributed by atoms with van der Waals surface area (Å²) in [4.78, 5) is 52.4. The third-order valence-electron chi connectivity index (χ3n) is 5.28. The van der Waals surface area contributed by atoms with Gasteiger partial charge in [-0.15, -0.1) is 0 Å². The van der Waals surface area contributed by atoms with Crippen molar-refractivity contribution in [3.8, 4) is 0 Å². The molecular formula is C22H20Cl2N2O5. The average molecular weight is 463 g/mol. The topological polar surface area (TPSA) is 84.0 Å². The summed E-state index contributed by atoms with van der Waals surface area (Å²) in [6.45, 7) is 2.69. The quantitative estimate of drug-likeness (QED) is 0.482. The third kappa shape index (κ3) is 4.43. The number of ether oxygens (including phenoxy) is 1. The van der Waals surface area contributed by atoms with Gasteiger partial charge in [-0.2, -0.15) is 0 Å². The number of fused-ring (bicyclic) bond motifs is 1. The number of halogens is 2. The van der Waals surface area contributed by atoms with Crippen LogP contribution in [0.3, 0.4) is 0 Å².